The molecular weight excluding hydrogens is 254 g/mol. The lowest BCUT2D eigenvalue weighted by molar-refractivity contribution is -0.253. The van der Waals surface area contributed by atoms with Gasteiger partial charge in [-0.05, 0) is 19.3 Å². The van der Waals surface area contributed by atoms with Crippen LogP contribution in [0.15, 0.2) is 0 Å². The molecule has 0 spiro atoms. The van der Waals surface area contributed by atoms with E-state index >= 15 is 0 Å². The molecule has 4 fully saturated rings. The molecule has 0 aromatic rings. The Hall–Kier alpha value is -1.92. The van der Waals surface area contributed by atoms with E-state index < -0.39 is 28.6 Å². The van der Waals surface area contributed by atoms with E-state index in [9.17, 15) is 19.2 Å². The summed E-state index contributed by atoms with van der Waals surface area (Å²) in [5, 5.41) is 0.549. The van der Waals surface area contributed by atoms with Gasteiger partial charge in [-0.25, -0.2) is 4.79 Å². The Morgan fingerprint density at radius 1 is 1.00 bits per heavy atom. The van der Waals surface area contributed by atoms with Crippen LogP contribution in [0, 0.1) is 10.8 Å². The fourth-order valence-electron chi connectivity index (χ4n) is 3.28. The normalized spacial score (nSPS) is 35.5. The summed E-state index contributed by atoms with van der Waals surface area (Å²) in [7, 11) is 1.31. The molecule has 102 valence electrons. The van der Waals surface area contributed by atoms with Crippen LogP contribution in [0.3, 0.4) is 0 Å². The molecule has 1 saturated heterocycles. The highest BCUT2D eigenvalue weighted by atomic mass is 16.7. The van der Waals surface area contributed by atoms with E-state index in [4.69, 9.17) is 4.84 Å². The molecule has 2 bridgehead atoms. The lowest BCUT2D eigenvalue weighted by Crippen LogP contribution is -2.69. The molecule has 0 N–H and O–H groups in total. The van der Waals surface area contributed by atoms with Crippen molar-refractivity contribution in [2.24, 2.45) is 10.8 Å². The van der Waals surface area contributed by atoms with Crippen LogP contribution in [0.2, 0.25) is 0 Å². The highest BCUT2D eigenvalue weighted by molar-refractivity contribution is 6.02. The second-order valence-corrected chi connectivity index (χ2v) is 5.54. The molecule has 4 aliphatic rings. The maximum atomic E-state index is 12.0. The highest BCUT2D eigenvalue weighted by Crippen LogP contribution is 2.74. The molecular formula is C12H13NO6. The monoisotopic (exact) mass is 267 g/mol. The van der Waals surface area contributed by atoms with Crippen molar-refractivity contribution in [2.45, 2.75) is 32.1 Å². The van der Waals surface area contributed by atoms with Crippen molar-refractivity contribution < 1.29 is 28.8 Å². The molecule has 7 heteroatoms. The topological polar surface area (TPSA) is 90.0 Å². The molecule has 2 amide bonds. The first-order valence-electron chi connectivity index (χ1n) is 6.09. The molecule has 0 aromatic heterocycles. The van der Waals surface area contributed by atoms with E-state index in [0.717, 1.165) is 0 Å². The number of hydrogen-bond donors (Lipinski definition) is 0. The van der Waals surface area contributed by atoms with E-state index in [2.05, 4.69) is 4.74 Å². The van der Waals surface area contributed by atoms with Gasteiger partial charge in [0.25, 0.3) is 11.8 Å². The van der Waals surface area contributed by atoms with Crippen molar-refractivity contribution in [1.82, 2.24) is 5.06 Å². The van der Waals surface area contributed by atoms with Gasteiger partial charge in [-0.15, -0.1) is 5.06 Å². The van der Waals surface area contributed by atoms with Gasteiger partial charge < -0.3 is 9.57 Å². The number of hydrogen-bond acceptors (Lipinski definition) is 6. The fraction of sp³-hybridized carbons (Fsp3) is 0.667. The quantitative estimate of drug-likeness (QED) is 0.525. The third-order valence-electron chi connectivity index (χ3n) is 4.26. The molecule has 3 saturated carbocycles. The number of methoxy groups -OCH3 is 1. The summed E-state index contributed by atoms with van der Waals surface area (Å²) in [4.78, 5) is 51.0. The summed E-state index contributed by atoms with van der Waals surface area (Å²) in [6.07, 6.45) is 1.28. The first-order valence-corrected chi connectivity index (χ1v) is 6.09. The summed E-state index contributed by atoms with van der Waals surface area (Å²) < 4.78 is 4.68. The van der Waals surface area contributed by atoms with Crippen LogP contribution in [0.25, 0.3) is 0 Å². The van der Waals surface area contributed by atoms with Crippen LogP contribution in [0.4, 0.5) is 0 Å². The number of nitrogens with zero attached hydrogens (tertiary/aromatic N) is 1. The molecule has 4 rings (SSSR count). The molecule has 7 nitrogen and oxygen atoms in total. The van der Waals surface area contributed by atoms with E-state index in [1.165, 1.54) is 7.11 Å². The maximum absolute atomic E-state index is 12.0. The number of carbonyl (C=O) groups is 4. The number of hydroxylamine groups is 2. The summed E-state index contributed by atoms with van der Waals surface area (Å²) in [5.41, 5.74) is -1.26. The zero-order chi connectivity index (χ0) is 13.8. The van der Waals surface area contributed by atoms with Gasteiger partial charge in [0.05, 0.1) is 17.9 Å². The second kappa shape index (κ2) is 3.55. The predicted molar refractivity (Wildman–Crippen MR) is 57.9 cm³/mol. The lowest BCUT2D eigenvalue weighted by Gasteiger charge is -2.65. The molecule has 0 unspecified atom stereocenters. The Bertz CT molecular complexity index is 475. The standard InChI is InChI=1S/C12H13NO6/c1-18-9(16)11-4-12(5-11,6-11)10(17)19-13-7(14)2-3-8(13)15/h2-6H2,1H3. The third kappa shape index (κ3) is 1.44. The summed E-state index contributed by atoms with van der Waals surface area (Å²) >= 11 is 0. The van der Waals surface area contributed by atoms with Gasteiger partial charge in [0.15, 0.2) is 0 Å². The zero-order valence-electron chi connectivity index (χ0n) is 10.4. The Labute approximate surface area is 108 Å². The summed E-state index contributed by atoms with van der Waals surface area (Å²) in [5.74, 6) is -1.89. The van der Waals surface area contributed by atoms with Gasteiger partial charge in [-0.1, -0.05) is 0 Å². The predicted octanol–water partition coefficient (Wildman–Crippen LogP) is -0.0631. The van der Waals surface area contributed by atoms with Gasteiger partial charge in [0.1, 0.15) is 0 Å². The van der Waals surface area contributed by atoms with Crippen molar-refractivity contribution in [3.63, 3.8) is 0 Å². The average Bonchev–Trinajstić information content (AvgIpc) is 2.57. The Morgan fingerprint density at radius 3 is 1.95 bits per heavy atom. The molecule has 3 aliphatic carbocycles. The minimum atomic E-state index is -0.711. The molecule has 1 aliphatic heterocycles. The minimum Gasteiger partial charge on any atom is -0.469 e. The fourth-order valence-corrected chi connectivity index (χ4v) is 3.28. The van der Waals surface area contributed by atoms with Crippen LogP contribution >= 0.6 is 0 Å². The first-order chi connectivity index (χ1) is 8.92. The van der Waals surface area contributed by atoms with E-state index in [1.807, 2.05) is 0 Å². The maximum Gasteiger partial charge on any atom is 0.339 e. The Kier molecular flexibility index (Phi) is 2.27. The van der Waals surface area contributed by atoms with Crippen LogP contribution in [-0.2, 0) is 28.8 Å². The van der Waals surface area contributed by atoms with Crippen LogP contribution in [0.1, 0.15) is 32.1 Å². The molecule has 19 heavy (non-hydrogen) atoms. The third-order valence-corrected chi connectivity index (χ3v) is 4.26. The van der Waals surface area contributed by atoms with E-state index in [-0.39, 0.29) is 18.8 Å². The van der Waals surface area contributed by atoms with Gasteiger partial charge in [0, 0.05) is 12.8 Å². The number of carbonyl (C=O) groups excluding carboxylic acids is 4. The van der Waals surface area contributed by atoms with Gasteiger partial charge in [-0.3, -0.25) is 14.4 Å². The van der Waals surface area contributed by atoms with E-state index in [0.29, 0.717) is 24.3 Å². The van der Waals surface area contributed by atoms with Crippen molar-refractivity contribution in [3.05, 3.63) is 0 Å². The van der Waals surface area contributed by atoms with E-state index in [1.54, 1.807) is 0 Å². The van der Waals surface area contributed by atoms with Crippen molar-refractivity contribution in [2.75, 3.05) is 7.11 Å². The number of amides is 2. The Balaban J connectivity index is 1.61. The molecule has 0 aromatic carbocycles. The summed E-state index contributed by atoms with van der Waals surface area (Å²) in [6.45, 7) is 0. The van der Waals surface area contributed by atoms with Gasteiger partial charge >= 0.3 is 11.9 Å². The van der Waals surface area contributed by atoms with Crippen LogP contribution < -0.4 is 0 Å². The highest BCUT2D eigenvalue weighted by Gasteiger charge is 2.77. The molecule has 0 atom stereocenters. The average molecular weight is 267 g/mol. The van der Waals surface area contributed by atoms with Crippen LogP contribution in [-0.4, -0.2) is 35.9 Å². The smallest absolute Gasteiger partial charge is 0.339 e. The number of ether oxygens (including phenoxy) is 1. The number of imide groups is 1. The number of esters is 1. The Morgan fingerprint density at radius 2 is 1.47 bits per heavy atom. The SMILES string of the molecule is COC(=O)C12CC(C(=O)ON3C(=O)CCC3=O)(C1)C2. The van der Waals surface area contributed by atoms with Crippen molar-refractivity contribution in [1.29, 1.82) is 0 Å². The number of rotatable bonds is 3. The molecule has 0 radical (unpaired) electrons. The minimum absolute atomic E-state index is 0.0746. The lowest BCUT2D eigenvalue weighted by atomic mass is 9.35. The molecule has 1 heterocycles. The van der Waals surface area contributed by atoms with Crippen LogP contribution in [0.5, 0.6) is 0 Å². The summed E-state index contributed by atoms with van der Waals surface area (Å²) in [6, 6.07) is 0. The zero-order valence-corrected chi connectivity index (χ0v) is 10.4. The van der Waals surface area contributed by atoms with Gasteiger partial charge in [0.2, 0.25) is 0 Å². The first kappa shape index (κ1) is 12.1. The second-order valence-electron chi connectivity index (χ2n) is 5.54. The largest absolute Gasteiger partial charge is 0.469 e. The van der Waals surface area contributed by atoms with Crippen molar-refractivity contribution >= 4 is 23.8 Å². The van der Waals surface area contributed by atoms with Crippen molar-refractivity contribution in [3.8, 4) is 0 Å². The van der Waals surface area contributed by atoms with Gasteiger partial charge in [-0.2, -0.15) is 0 Å².